The average Bonchev–Trinajstić information content (AvgIpc) is 2.18. The normalized spacial score (nSPS) is 9.20. The van der Waals surface area contributed by atoms with Crippen molar-refractivity contribution in [3.8, 4) is 11.8 Å². The molecule has 0 saturated carbocycles. The molecule has 0 saturated heterocycles. The average molecular weight is 228 g/mol. The van der Waals surface area contributed by atoms with Gasteiger partial charge in [-0.3, -0.25) is 0 Å². The molecule has 0 unspecified atom stereocenters. The SMILES string of the molecule is Nc1c(C#CCCl)cc(F)cc1C(=O)O. The first-order valence-corrected chi connectivity index (χ1v) is 4.47. The van der Waals surface area contributed by atoms with Crippen molar-refractivity contribution < 1.29 is 14.3 Å². The van der Waals surface area contributed by atoms with Crippen LogP contribution in [0.25, 0.3) is 0 Å². The highest BCUT2D eigenvalue weighted by Crippen LogP contribution is 2.18. The summed E-state index contributed by atoms with van der Waals surface area (Å²) >= 11 is 5.32. The van der Waals surface area contributed by atoms with E-state index in [1.807, 2.05) is 0 Å². The van der Waals surface area contributed by atoms with Gasteiger partial charge in [0.05, 0.1) is 22.7 Å². The molecule has 78 valence electrons. The zero-order valence-corrected chi connectivity index (χ0v) is 8.31. The molecule has 0 bridgehead atoms. The van der Waals surface area contributed by atoms with Gasteiger partial charge in [-0.25, -0.2) is 9.18 Å². The van der Waals surface area contributed by atoms with Gasteiger partial charge in [0.15, 0.2) is 0 Å². The molecule has 1 rings (SSSR count). The lowest BCUT2D eigenvalue weighted by Gasteiger charge is -2.03. The molecule has 0 spiro atoms. The lowest BCUT2D eigenvalue weighted by Crippen LogP contribution is -2.05. The molecular formula is C10H7ClFNO2. The number of nitrogens with two attached hydrogens (primary N) is 1. The van der Waals surface area contributed by atoms with Crippen LogP contribution in [0, 0.1) is 17.7 Å². The summed E-state index contributed by atoms with van der Waals surface area (Å²) in [6.45, 7) is 0. The highest BCUT2D eigenvalue weighted by atomic mass is 35.5. The first-order chi connectivity index (χ1) is 7.06. The van der Waals surface area contributed by atoms with Crippen molar-refractivity contribution in [2.24, 2.45) is 0 Å². The lowest BCUT2D eigenvalue weighted by atomic mass is 10.1. The Morgan fingerprint density at radius 2 is 2.27 bits per heavy atom. The molecule has 0 aliphatic heterocycles. The molecule has 1 aromatic rings. The Balaban J connectivity index is 3.34. The number of carbonyl (C=O) groups is 1. The number of carboxylic acid groups (broad SMARTS) is 1. The van der Waals surface area contributed by atoms with Gasteiger partial charge in [-0.15, -0.1) is 11.6 Å². The van der Waals surface area contributed by atoms with Crippen LogP contribution in [-0.2, 0) is 0 Å². The topological polar surface area (TPSA) is 63.3 Å². The second kappa shape index (κ2) is 4.67. The van der Waals surface area contributed by atoms with Crippen LogP contribution < -0.4 is 5.73 Å². The fourth-order valence-corrected chi connectivity index (χ4v) is 1.09. The van der Waals surface area contributed by atoms with Crippen molar-refractivity contribution in [3.63, 3.8) is 0 Å². The van der Waals surface area contributed by atoms with Crippen molar-refractivity contribution in [1.82, 2.24) is 0 Å². The van der Waals surface area contributed by atoms with E-state index in [0.717, 1.165) is 12.1 Å². The maximum Gasteiger partial charge on any atom is 0.337 e. The Labute approximate surface area is 90.7 Å². The van der Waals surface area contributed by atoms with Gasteiger partial charge in [0.25, 0.3) is 0 Å². The number of halogens is 2. The van der Waals surface area contributed by atoms with E-state index in [9.17, 15) is 9.18 Å². The third-order valence-corrected chi connectivity index (χ3v) is 1.80. The Hall–Kier alpha value is -1.73. The van der Waals surface area contributed by atoms with Gasteiger partial charge in [0, 0.05) is 0 Å². The summed E-state index contributed by atoms with van der Waals surface area (Å²) in [7, 11) is 0. The molecule has 0 amide bonds. The summed E-state index contributed by atoms with van der Waals surface area (Å²) in [6, 6.07) is 1.92. The number of anilines is 1. The van der Waals surface area contributed by atoms with Gasteiger partial charge in [-0.05, 0) is 12.1 Å². The Morgan fingerprint density at radius 1 is 1.60 bits per heavy atom. The maximum atomic E-state index is 13.0. The fourth-order valence-electron chi connectivity index (χ4n) is 1.03. The Bertz CT molecular complexity index is 462. The van der Waals surface area contributed by atoms with E-state index in [1.165, 1.54) is 0 Å². The number of benzene rings is 1. The number of rotatable bonds is 1. The lowest BCUT2D eigenvalue weighted by molar-refractivity contribution is 0.0697. The number of alkyl halides is 1. The van der Waals surface area contributed by atoms with E-state index < -0.39 is 11.8 Å². The molecule has 1 aromatic carbocycles. The van der Waals surface area contributed by atoms with Crippen LogP contribution in [0.1, 0.15) is 15.9 Å². The molecule has 0 fully saturated rings. The molecular weight excluding hydrogens is 221 g/mol. The molecule has 0 aliphatic rings. The van der Waals surface area contributed by atoms with Gasteiger partial charge < -0.3 is 10.8 Å². The molecule has 5 heteroatoms. The van der Waals surface area contributed by atoms with Crippen LogP contribution in [0.15, 0.2) is 12.1 Å². The van der Waals surface area contributed by atoms with Crippen molar-refractivity contribution in [3.05, 3.63) is 29.1 Å². The second-order valence-electron chi connectivity index (χ2n) is 2.66. The summed E-state index contributed by atoms with van der Waals surface area (Å²) in [4.78, 5) is 10.7. The maximum absolute atomic E-state index is 13.0. The van der Waals surface area contributed by atoms with Crippen LogP contribution >= 0.6 is 11.6 Å². The van der Waals surface area contributed by atoms with Gasteiger partial charge in [-0.2, -0.15) is 0 Å². The molecule has 3 N–H and O–H groups in total. The standard InChI is InChI=1S/C10H7ClFNO2/c11-3-1-2-6-4-7(12)5-8(9(6)13)10(14)15/h4-5H,3,13H2,(H,14,15). The van der Waals surface area contributed by atoms with E-state index in [-0.39, 0.29) is 22.7 Å². The summed E-state index contributed by atoms with van der Waals surface area (Å²) in [5, 5.41) is 8.72. The highest BCUT2D eigenvalue weighted by molar-refractivity contribution is 6.19. The summed E-state index contributed by atoms with van der Waals surface area (Å²) in [5.41, 5.74) is 5.28. The minimum Gasteiger partial charge on any atom is -0.478 e. The number of aromatic carboxylic acids is 1. The third-order valence-electron chi connectivity index (χ3n) is 1.67. The van der Waals surface area contributed by atoms with Gasteiger partial charge in [0.1, 0.15) is 5.82 Å². The minimum atomic E-state index is -1.29. The van der Waals surface area contributed by atoms with Crippen LogP contribution in [-0.4, -0.2) is 17.0 Å². The van der Waals surface area contributed by atoms with E-state index >= 15 is 0 Å². The van der Waals surface area contributed by atoms with Crippen LogP contribution in [0.3, 0.4) is 0 Å². The fraction of sp³-hybridized carbons (Fsp3) is 0.100. The zero-order chi connectivity index (χ0) is 11.4. The minimum absolute atomic E-state index is 0.0542. The first-order valence-electron chi connectivity index (χ1n) is 3.93. The first kappa shape index (κ1) is 11.3. The quantitative estimate of drug-likeness (QED) is 0.436. The summed E-state index contributed by atoms with van der Waals surface area (Å²) in [5.74, 6) is 3.05. The number of hydrogen-bond acceptors (Lipinski definition) is 2. The van der Waals surface area contributed by atoms with Crippen LogP contribution in [0.4, 0.5) is 10.1 Å². The second-order valence-corrected chi connectivity index (χ2v) is 2.92. The number of carboxylic acids is 1. The zero-order valence-electron chi connectivity index (χ0n) is 7.55. The van der Waals surface area contributed by atoms with Gasteiger partial charge >= 0.3 is 5.97 Å². The number of nitrogen functional groups attached to an aromatic ring is 1. The smallest absolute Gasteiger partial charge is 0.337 e. The van der Waals surface area contributed by atoms with E-state index in [2.05, 4.69) is 11.8 Å². The molecule has 0 atom stereocenters. The highest BCUT2D eigenvalue weighted by Gasteiger charge is 2.12. The molecule has 3 nitrogen and oxygen atoms in total. The van der Waals surface area contributed by atoms with Gasteiger partial charge in [-0.1, -0.05) is 11.8 Å². The summed E-state index contributed by atoms with van der Waals surface area (Å²) < 4.78 is 13.0. The van der Waals surface area contributed by atoms with Crippen molar-refractivity contribution >= 4 is 23.3 Å². The predicted octanol–water partition coefficient (Wildman–Crippen LogP) is 1.70. The van der Waals surface area contributed by atoms with Gasteiger partial charge in [0.2, 0.25) is 0 Å². The number of hydrogen-bond donors (Lipinski definition) is 2. The van der Waals surface area contributed by atoms with Crippen molar-refractivity contribution in [2.45, 2.75) is 0 Å². The van der Waals surface area contributed by atoms with E-state index in [4.69, 9.17) is 22.4 Å². The monoisotopic (exact) mass is 227 g/mol. The van der Waals surface area contributed by atoms with Crippen molar-refractivity contribution in [2.75, 3.05) is 11.6 Å². The van der Waals surface area contributed by atoms with Crippen LogP contribution in [0.2, 0.25) is 0 Å². The molecule has 0 aliphatic carbocycles. The molecule has 15 heavy (non-hydrogen) atoms. The molecule has 0 heterocycles. The Kier molecular flexibility index (Phi) is 3.53. The third kappa shape index (κ3) is 2.61. The summed E-state index contributed by atoms with van der Waals surface area (Å²) in [6.07, 6.45) is 0. The van der Waals surface area contributed by atoms with E-state index in [1.54, 1.807) is 0 Å². The van der Waals surface area contributed by atoms with E-state index in [0.29, 0.717) is 0 Å². The largest absolute Gasteiger partial charge is 0.478 e. The predicted molar refractivity (Wildman–Crippen MR) is 55.4 cm³/mol. The van der Waals surface area contributed by atoms with Crippen molar-refractivity contribution in [1.29, 1.82) is 0 Å². The molecule has 0 radical (unpaired) electrons. The van der Waals surface area contributed by atoms with Crippen LogP contribution in [0.5, 0.6) is 0 Å². The molecule has 0 aromatic heterocycles. The Morgan fingerprint density at radius 3 is 2.80 bits per heavy atom.